The van der Waals surface area contributed by atoms with E-state index in [1.807, 2.05) is 13.8 Å². The van der Waals surface area contributed by atoms with Crippen molar-refractivity contribution in [2.24, 2.45) is 0 Å². The number of ether oxygens (including phenoxy) is 2. The predicted octanol–water partition coefficient (Wildman–Crippen LogP) is 2.21. The lowest BCUT2D eigenvalue weighted by Crippen LogP contribution is -2.50. The first-order chi connectivity index (χ1) is 10.1. The van der Waals surface area contributed by atoms with Crippen molar-refractivity contribution in [1.82, 2.24) is 10.3 Å². The summed E-state index contributed by atoms with van der Waals surface area (Å²) in [6.45, 7) is 9.16. The van der Waals surface area contributed by atoms with Gasteiger partial charge in [-0.2, -0.15) is 0 Å². The van der Waals surface area contributed by atoms with Gasteiger partial charge in [-0.15, -0.1) is 0 Å². The van der Waals surface area contributed by atoms with Gasteiger partial charge in [0.1, 0.15) is 5.82 Å². The number of nitrogens with two attached hydrogens (primary N) is 1. The second kappa shape index (κ2) is 7.20. The summed E-state index contributed by atoms with van der Waals surface area (Å²) in [4.78, 5) is 4.32. The van der Waals surface area contributed by atoms with Crippen LogP contribution in [0.4, 0.5) is 5.82 Å². The van der Waals surface area contributed by atoms with Crippen LogP contribution >= 0.6 is 0 Å². The van der Waals surface area contributed by atoms with Crippen LogP contribution in [-0.2, 0) is 9.47 Å². The number of hydrogen-bond donors (Lipinski definition) is 2. The number of anilines is 1. The Morgan fingerprint density at radius 2 is 2.14 bits per heavy atom. The van der Waals surface area contributed by atoms with Gasteiger partial charge >= 0.3 is 0 Å². The molecule has 1 atom stereocenters. The van der Waals surface area contributed by atoms with Crippen LogP contribution < -0.4 is 11.1 Å². The minimum absolute atomic E-state index is 0.0405. The predicted molar refractivity (Wildman–Crippen MR) is 84.2 cm³/mol. The largest absolute Gasteiger partial charge is 0.383 e. The van der Waals surface area contributed by atoms with E-state index < -0.39 is 0 Å². The van der Waals surface area contributed by atoms with Crippen LogP contribution in [0, 0.1) is 6.92 Å². The van der Waals surface area contributed by atoms with Gasteiger partial charge in [-0.1, -0.05) is 6.92 Å². The number of nitrogens with one attached hydrogen (secondary N) is 1. The zero-order valence-electron chi connectivity index (χ0n) is 13.3. The molecule has 0 amide bonds. The first-order valence-corrected chi connectivity index (χ1v) is 7.80. The molecule has 1 aromatic heterocycles. The molecule has 0 radical (unpaired) electrons. The minimum atomic E-state index is -0.271. The van der Waals surface area contributed by atoms with Gasteiger partial charge < -0.3 is 20.5 Å². The Bertz CT molecular complexity index is 453. The molecule has 1 aliphatic heterocycles. The monoisotopic (exact) mass is 293 g/mol. The Morgan fingerprint density at radius 3 is 2.76 bits per heavy atom. The molecule has 0 spiro atoms. The average Bonchev–Trinajstić information content (AvgIpc) is 2.49. The molecule has 21 heavy (non-hydrogen) atoms. The molecule has 1 aromatic rings. The van der Waals surface area contributed by atoms with Crippen LogP contribution in [0.3, 0.4) is 0 Å². The van der Waals surface area contributed by atoms with E-state index in [9.17, 15) is 0 Å². The second-order valence-corrected chi connectivity index (χ2v) is 5.59. The fraction of sp³-hybridized carbons (Fsp3) is 0.688. The van der Waals surface area contributed by atoms with Crippen molar-refractivity contribution in [3.8, 4) is 0 Å². The number of pyridine rings is 1. The quantitative estimate of drug-likeness (QED) is 0.841. The third kappa shape index (κ3) is 3.54. The SMILES string of the molecule is CCNC(c1cc(C)cnc1N)C1(OCC)CCOCC1. The molecule has 5 heteroatoms. The van der Waals surface area contributed by atoms with Crippen LogP contribution in [-0.4, -0.2) is 37.0 Å². The van der Waals surface area contributed by atoms with E-state index in [0.717, 1.165) is 43.7 Å². The van der Waals surface area contributed by atoms with Crippen molar-refractivity contribution in [3.05, 3.63) is 23.4 Å². The fourth-order valence-corrected chi connectivity index (χ4v) is 3.14. The number of hydrogen-bond acceptors (Lipinski definition) is 5. The van der Waals surface area contributed by atoms with Crippen molar-refractivity contribution >= 4 is 5.82 Å². The van der Waals surface area contributed by atoms with Crippen molar-refractivity contribution < 1.29 is 9.47 Å². The van der Waals surface area contributed by atoms with Crippen molar-refractivity contribution in [1.29, 1.82) is 0 Å². The molecule has 5 nitrogen and oxygen atoms in total. The molecule has 1 fully saturated rings. The molecule has 1 saturated heterocycles. The summed E-state index contributed by atoms with van der Waals surface area (Å²) >= 11 is 0. The van der Waals surface area contributed by atoms with Crippen LogP contribution in [0.25, 0.3) is 0 Å². The molecular formula is C16H27N3O2. The lowest BCUT2D eigenvalue weighted by atomic mass is 9.81. The lowest BCUT2D eigenvalue weighted by molar-refractivity contribution is -0.127. The van der Waals surface area contributed by atoms with E-state index in [1.165, 1.54) is 0 Å². The number of rotatable bonds is 6. The van der Waals surface area contributed by atoms with Crippen molar-refractivity contribution in [2.45, 2.75) is 45.3 Å². The highest BCUT2D eigenvalue weighted by Gasteiger charge is 2.42. The average molecular weight is 293 g/mol. The van der Waals surface area contributed by atoms with E-state index in [-0.39, 0.29) is 11.6 Å². The Hall–Kier alpha value is -1.17. The van der Waals surface area contributed by atoms with Gasteiger partial charge in [0, 0.05) is 44.4 Å². The molecular weight excluding hydrogens is 266 g/mol. The number of likely N-dealkylation sites (N-methyl/N-ethyl adjacent to an activating group) is 1. The molecule has 0 aromatic carbocycles. The highest BCUT2D eigenvalue weighted by molar-refractivity contribution is 5.44. The van der Waals surface area contributed by atoms with Gasteiger partial charge in [0.05, 0.1) is 11.6 Å². The van der Waals surface area contributed by atoms with Crippen molar-refractivity contribution in [2.75, 3.05) is 32.1 Å². The van der Waals surface area contributed by atoms with Gasteiger partial charge in [-0.05, 0) is 32.0 Å². The van der Waals surface area contributed by atoms with E-state index in [4.69, 9.17) is 15.2 Å². The van der Waals surface area contributed by atoms with Crippen LogP contribution in [0.15, 0.2) is 12.3 Å². The van der Waals surface area contributed by atoms with E-state index >= 15 is 0 Å². The number of aryl methyl sites for hydroxylation is 1. The Morgan fingerprint density at radius 1 is 1.43 bits per heavy atom. The van der Waals surface area contributed by atoms with Crippen molar-refractivity contribution in [3.63, 3.8) is 0 Å². The summed E-state index contributed by atoms with van der Waals surface area (Å²) in [6, 6.07) is 2.16. The maximum atomic E-state index is 6.21. The zero-order chi connectivity index (χ0) is 15.3. The molecule has 2 heterocycles. The summed E-state index contributed by atoms with van der Waals surface area (Å²) in [5, 5.41) is 3.56. The molecule has 0 saturated carbocycles. The summed E-state index contributed by atoms with van der Waals surface area (Å²) in [5.74, 6) is 0.581. The summed E-state index contributed by atoms with van der Waals surface area (Å²) in [7, 11) is 0. The van der Waals surface area contributed by atoms with Gasteiger partial charge in [0.25, 0.3) is 0 Å². The fourth-order valence-electron chi connectivity index (χ4n) is 3.14. The highest BCUT2D eigenvalue weighted by atomic mass is 16.5. The standard InChI is InChI=1S/C16H27N3O2/c1-4-18-14(13-10-12(3)11-19-15(13)17)16(21-5-2)6-8-20-9-7-16/h10-11,14,18H,4-9H2,1-3H3,(H2,17,19). The van der Waals surface area contributed by atoms with Gasteiger partial charge in [-0.3, -0.25) is 0 Å². The highest BCUT2D eigenvalue weighted by Crippen LogP contribution is 2.39. The summed E-state index contributed by atoms with van der Waals surface area (Å²) in [5.41, 5.74) is 8.02. The van der Waals surface area contributed by atoms with Gasteiger partial charge in [-0.25, -0.2) is 4.98 Å². The number of nitrogens with zero attached hydrogens (tertiary/aromatic N) is 1. The van der Waals surface area contributed by atoms with E-state index in [1.54, 1.807) is 6.20 Å². The molecule has 118 valence electrons. The van der Waals surface area contributed by atoms with Crippen LogP contribution in [0.5, 0.6) is 0 Å². The maximum Gasteiger partial charge on any atom is 0.128 e. The Balaban J connectivity index is 2.41. The van der Waals surface area contributed by atoms with Gasteiger partial charge in [0.2, 0.25) is 0 Å². The van der Waals surface area contributed by atoms with E-state index in [0.29, 0.717) is 12.4 Å². The molecule has 2 rings (SSSR count). The smallest absolute Gasteiger partial charge is 0.128 e. The third-order valence-corrected chi connectivity index (χ3v) is 4.10. The van der Waals surface area contributed by atoms with Crippen LogP contribution in [0.1, 0.15) is 43.9 Å². The molecule has 0 bridgehead atoms. The number of nitrogen functional groups attached to an aromatic ring is 1. The molecule has 1 unspecified atom stereocenters. The Labute approximate surface area is 127 Å². The lowest BCUT2D eigenvalue weighted by Gasteiger charge is -2.43. The summed E-state index contributed by atoms with van der Waals surface area (Å²) in [6.07, 6.45) is 3.54. The normalized spacial score (nSPS) is 19.4. The first-order valence-electron chi connectivity index (χ1n) is 7.80. The molecule has 0 aliphatic carbocycles. The van der Waals surface area contributed by atoms with E-state index in [2.05, 4.69) is 23.3 Å². The minimum Gasteiger partial charge on any atom is -0.383 e. The first kappa shape index (κ1) is 16.2. The maximum absolute atomic E-state index is 6.21. The zero-order valence-corrected chi connectivity index (χ0v) is 13.3. The Kier molecular flexibility index (Phi) is 5.56. The molecule has 1 aliphatic rings. The molecule has 3 N–H and O–H groups in total. The topological polar surface area (TPSA) is 69.4 Å². The number of aromatic nitrogens is 1. The van der Waals surface area contributed by atoms with Gasteiger partial charge in [0.15, 0.2) is 0 Å². The van der Waals surface area contributed by atoms with Crippen LogP contribution in [0.2, 0.25) is 0 Å². The summed E-state index contributed by atoms with van der Waals surface area (Å²) < 4.78 is 11.7. The second-order valence-electron chi connectivity index (χ2n) is 5.59. The third-order valence-electron chi connectivity index (χ3n) is 4.10.